The first kappa shape index (κ1) is 60.7. The van der Waals surface area contributed by atoms with Gasteiger partial charge in [-0.3, -0.25) is 0 Å². The molecule has 0 unspecified atom stereocenters. The summed E-state index contributed by atoms with van der Waals surface area (Å²) in [7, 11) is 9.81. The Labute approximate surface area is 648 Å². The Bertz CT molecular complexity index is 5470. The van der Waals surface area contributed by atoms with E-state index < -0.39 is 67.2 Å². The first-order chi connectivity index (χ1) is 54.3. The Hall–Kier alpha value is -8.67. The third kappa shape index (κ3) is 23.7. The summed E-state index contributed by atoms with van der Waals surface area (Å²) in [4.78, 5) is 0. The van der Waals surface area contributed by atoms with E-state index in [1.54, 1.807) is 18.2 Å². The molecule has 0 aliphatic rings. The summed E-state index contributed by atoms with van der Waals surface area (Å²) in [5, 5.41) is 1.92. The molecule has 542 valence electrons. The first-order valence-electron chi connectivity index (χ1n) is 44.2. The molecule has 5 heteroatoms. The minimum absolute atomic E-state index is 0.139. The quantitative estimate of drug-likeness (QED) is 0.115. The van der Waals surface area contributed by atoms with Crippen LogP contribution in [0.5, 0.6) is 0 Å². The molecule has 5 heterocycles. The normalized spacial score (nSPS) is 14.9. The van der Waals surface area contributed by atoms with Crippen LogP contribution in [0.2, 0.25) is 0 Å². The molecule has 103 heavy (non-hydrogen) atoms. The Morgan fingerprint density at radius 1 is 0.340 bits per heavy atom. The van der Waals surface area contributed by atoms with E-state index in [2.05, 4.69) is 63.2 Å². The minimum Gasteiger partial charge on any atom is -0.201 e. The molecule has 11 rings (SSSR count). The molecular formula is C98H130N5+5. The number of pyridine rings is 5. The average Bonchev–Trinajstić information content (AvgIpc) is 0.768. The van der Waals surface area contributed by atoms with Crippen LogP contribution in [0.3, 0.4) is 0 Å². The molecule has 6 aromatic carbocycles. The van der Waals surface area contributed by atoms with E-state index in [1.165, 1.54) is 27.8 Å². The summed E-state index contributed by atoms with van der Waals surface area (Å²) < 4.78 is 141. The van der Waals surface area contributed by atoms with Gasteiger partial charge in [0.2, 0.25) is 28.5 Å². The van der Waals surface area contributed by atoms with Gasteiger partial charge in [-0.2, -0.15) is 0 Å². The van der Waals surface area contributed by atoms with Crippen molar-refractivity contribution in [1.29, 1.82) is 0 Å². The molecule has 11 aromatic rings. The van der Waals surface area contributed by atoms with E-state index in [9.17, 15) is 0 Å². The highest BCUT2D eigenvalue weighted by molar-refractivity contribution is 5.94. The lowest BCUT2D eigenvalue weighted by Gasteiger charge is -2.19. The first-order valence-corrected chi connectivity index (χ1v) is 36.2. The van der Waals surface area contributed by atoms with Crippen LogP contribution < -0.4 is 22.8 Å². The molecule has 0 aliphatic carbocycles. The predicted molar refractivity (Wildman–Crippen MR) is 441 cm³/mol. The van der Waals surface area contributed by atoms with Gasteiger partial charge in [0, 0.05) is 97.3 Å². The number of rotatable bonds is 11. The number of aromatic nitrogens is 5. The topological polar surface area (TPSA) is 19.4 Å². The predicted octanol–water partition coefficient (Wildman–Crippen LogP) is 22.7. The smallest absolute Gasteiger partial charge is 0.201 e. The van der Waals surface area contributed by atoms with Crippen LogP contribution in [-0.4, -0.2) is 0 Å². The average molecular weight is 1390 g/mol. The largest absolute Gasteiger partial charge is 0.220 e. The molecule has 0 fully saturated rings. The number of nitrogens with zero attached hydrogens (tertiary/aromatic N) is 5. The lowest BCUT2D eigenvalue weighted by Crippen LogP contribution is -2.32. The summed E-state index contributed by atoms with van der Waals surface area (Å²) in [6, 6.07) is 53.3. The molecule has 0 saturated heterocycles. The van der Waals surface area contributed by atoms with Crippen LogP contribution in [0.4, 0.5) is 0 Å². The van der Waals surface area contributed by atoms with Crippen LogP contribution in [0.25, 0.3) is 67.1 Å². The molecule has 0 amide bonds. The highest BCUT2D eigenvalue weighted by atomic mass is 14.9. The standard InChI is InChI=1S/C23H28N.C20H28N.C19H26N.2C18H24N/c1-15(2)11-19-7-8-21-20(14-19)9-10-24(6)23(21)22-13-16(3)12-17(4)18(22)5;1-14-8-9-18(16(3)10-14)19-11-15(2)17(13-21(19)7)12-20(4,5)6;1-14-9-7-8-10-17(14)18-11-15(2)16(13-20(18)6)12-19(3,4)5;1-14-8-6-7-9-16(14)17-12-15(10-11-19(17)5)13-18(2,3)4;1-14-8-6-7-9-16(14)17-11-10-15(13-19(17)5)12-18(2,3)4/h7-10,12-15H,11H2,1-6H3;8-11,13H,12H2,1-7H3;7-11,13H,12H2,1-6H3;6-12H,13H2,1-5H3;6-11,13H,12H2,1-5H3/q5*+1/i4D3,11D2;1D3,12D2;12D2;13D2;12D2. The highest BCUT2D eigenvalue weighted by Crippen LogP contribution is 2.34. The second-order valence-corrected chi connectivity index (χ2v) is 32.4. The summed E-state index contributed by atoms with van der Waals surface area (Å²) in [6.45, 7) is 38.5. The fourth-order valence-electron chi connectivity index (χ4n) is 12.6. The molecule has 5 nitrogen and oxygen atoms in total. The van der Waals surface area contributed by atoms with Crippen LogP contribution in [0.1, 0.15) is 202 Å². The zero-order chi connectivity index (χ0) is 90.2. The number of benzene rings is 6. The van der Waals surface area contributed by atoms with Crippen LogP contribution in [0.15, 0.2) is 195 Å². The van der Waals surface area contributed by atoms with Crippen LogP contribution >= 0.6 is 0 Å². The molecule has 0 radical (unpaired) electrons. The molecule has 5 aromatic heterocycles. The molecule has 0 spiro atoms. The van der Waals surface area contributed by atoms with Crippen molar-refractivity contribution >= 4 is 10.8 Å². The van der Waals surface area contributed by atoms with E-state index in [-0.39, 0.29) is 5.92 Å². The minimum atomic E-state index is -2.17. The Morgan fingerprint density at radius 2 is 0.786 bits per heavy atom. The fourth-order valence-corrected chi connectivity index (χ4v) is 12.6. The van der Waals surface area contributed by atoms with Gasteiger partial charge >= 0.3 is 0 Å². The Balaban J connectivity index is 0.000000206. The second kappa shape index (κ2) is 34.7. The zero-order valence-corrected chi connectivity index (χ0v) is 67.3. The third-order valence-electron chi connectivity index (χ3n) is 17.5. The van der Waals surface area contributed by atoms with Crippen molar-refractivity contribution in [2.24, 2.45) is 62.8 Å². The van der Waals surface area contributed by atoms with Crippen molar-refractivity contribution in [3.8, 4) is 56.3 Å². The van der Waals surface area contributed by atoms with Crippen molar-refractivity contribution < 1.29 is 44.8 Å². The van der Waals surface area contributed by atoms with Crippen LogP contribution in [0, 0.1) is 96.7 Å². The molecule has 0 N–H and O–H groups in total. The van der Waals surface area contributed by atoms with Gasteiger partial charge in [-0.05, 0) is 232 Å². The van der Waals surface area contributed by atoms with E-state index in [0.717, 1.165) is 100 Å². The van der Waals surface area contributed by atoms with Gasteiger partial charge in [0.1, 0.15) is 35.2 Å². The van der Waals surface area contributed by atoms with E-state index in [0.29, 0.717) is 22.3 Å². The zero-order valence-electron chi connectivity index (χ0n) is 83.3. The second-order valence-electron chi connectivity index (χ2n) is 32.4. The number of fused-ring (bicyclic) bond motifs is 1. The Kier molecular flexibility index (Phi) is 20.5. The van der Waals surface area contributed by atoms with Crippen molar-refractivity contribution in [3.05, 3.63) is 278 Å². The van der Waals surface area contributed by atoms with Crippen molar-refractivity contribution in [1.82, 2.24) is 0 Å². The molecule has 0 atom stereocenters. The highest BCUT2D eigenvalue weighted by Gasteiger charge is 2.25. The molecule has 0 saturated carbocycles. The number of hydrogen-bond donors (Lipinski definition) is 0. The van der Waals surface area contributed by atoms with E-state index in [1.807, 2.05) is 324 Å². The van der Waals surface area contributed by atoms with E-state index >= 15 is 0 Å². The maximum Gasteiger partial charge on any atom is 0.220 e. The molecule has 0 bridgehead atoms. The van der Waals surface area contributed by atoms with Gasteiger partial charge < -0.3 is 0 Å². The van der Waals surface area contributed by atoms with Gasteiger partial charge in [0.25, 0.3) is 0 Å². The molecular weight excluding hydrogens is 1250 g/mol. The van der Waals surface area contributed by atoms with Crippen molar-refractivity contribution in [2.45, 2.75) is 198 Å². The monoisotopic (exact) mass is 1390 g/mol. The fraction of sp³-hybridized carbons (Fsp3) is 0.398. The number of aryl methyl sites for hydroxylation is 14. The van der Waals surface area contributed by atoms with Gasteiger partial charge in [-0.25, -0.2) is 22.8 Å². The lowest BCUT2D eigenvalue weighted by molar-refractivity contribution is -0.661. The number of hydrogen-bond acceptors (Lipinski definition) is 0. The van der Waals surface area contributed by atoms with Gasteiger partial charge in [-0.15, -0.1) is 0 Å². The SMILES string of the molecule is [2H]C([2H])([2H])c1cc(C)cc(-c2c3ccc(C([2H])([2H])C(C)C)cc3cc[n+]2C)c1C.[2H]C([2H])([2H])c1ccc(-c2cc(C)c(C([2H])([2H])C(C)(C)C)c[n+]2C)c(C)c1.[2H]C([2H])(c1c[n+](C)c(-c2ccccc2C)cc1C)C(C)(C)C.[2H]C([2H])(c1cc[n+](C)c(-c2ccccc2C)c1)C(C)(C)C.[2H]C([2H])(c1ccc(-c2ccccc2C)[n+](C)c1)C(C)(C)C. The molecule has 0 aliphatic heterocycles. The lowest BCUT2D eigenvalue weighted by atomic mass is 9.87. The third-order valence-corrected chi connectivity index (χ3v) is 17.5. The summed E-state index contributed by atoms with van der Waals surface area (Å²) in [6.07, 6.45) is 2.60. The summed E-state index contributed by atoms with van der Waals surface area (Å²) >= 11 is 0. The van der Waals surface area contributed by atoms with Gasteiger partial charge in [0.15, 0.2) is 31.0 Å². The van der Waals surface area contributed by atoms with Crippen molar-refractivity contribution in [3.63, 3.8) is 0 Å². The van der Waals surface area contributed by atoms with Gasteiger partial charge in [0.05, 0.1) is 10.9 Å². The summed E-state index contributed by atoms with van der Waals surface area (Å²) in [5.41, 5.74) is 20.9. The maximum absolute atomic E-state index is 8.56. The van der Waals surface area contributed by atoms with Gasteiger partial charge in [-0.1, -0.05) is 193 Å². The van der Waals surface area contributed by atoms with E-state index in [4.69, 9.17) is 21.9 Å². The van der Waals surface area contributed by atoms with Crippen LogP contribution in [-0.2, 0) is 67.1 Å². The summed E-state index contributed by atoms with van der Waals surface area (Å²) in [5.74, 6) is -0.139. The Morgan fingerprint density at radius 3 is 1.25 bits per heavy atom. The van der Waals surface area contributed by atoms with Crippen molar-refractivity contribution in [2.75, 3.05) is 0 Å². The maximum atomic E-state index is 8.56.